The maximum absolute atomic E-state index is 13.2. The molecule has 0 N–H and O–H groups in total. The number of ether oxygens (including phenoxy) is 4. The van der Waals surface area contributed by atoms with E-state index in [-0.39, 0.29) is 0 Å². The van der Waals surface area contributed by atoms with Gasteiger partial charge in [0.15, 0.2) is 16.3 Å². The van der Waals surface area contributed by atoms with Gasteiger partial charge < -0.3 is 23.5 Å². The summed E-state index contributed by atoms with van der Waals surface area (Å²) in [5.74, 6) is 0.889. The molecule has 0 aliphatic carbocycles. The SMILES string of the molecule is CCOc1cc(C(=O)N=c2sc3ccc(Cl)c(Cl)c3n2CCOC)cc(OCC)c1OCC. The smallest absolute Gasteiger partial charge is 0.279 e. The number of methoxy groups -OCH3 is 1. The van der Waals surface area contributed by atoms with Gasteiger partial charge in [-0.25, -0.2) is 0 Å². The van der Waals surface area contributed by atoms with Crippen molar-refractivity contribution < 1.29 is 23.7 Å². The third-order valence-corrected chi connectivity index (χ3v) is 6.44. The molecule has 10 heteroatoms. The summed E-state index contributed by atoms with van der Waals surface area (Å²) in [6.07, 6.45) is 0. The number of aromatic nitrogens is 1. The second-order valence-electron chi connectivity index (χ2n) is 6.75. The van der Waals surface area contributed by atoms with Gasteiger partial charge in [-0.1, -0.05) is 34.5 Å². The van der Waals surface area contributed by atoms with E-state index < -0.39 is 5.91 Å². The minimum absolute atomic E-state index is 0.324. The van der Waals surface area contributed by atoms with Crippen LogP contribution in [-0.2, 0) is 11.3 Å². The van der Waals surface area contributed by atoms with E-state index in [1.165, 1.54) is 11.3 Å². The Morgan fingerprint density at radius 2 is 1.67 bits per heavy atom. The van der Waals surface area contributed by atoms with Gasteiger partial charge in [-0.2, -0.15) is 4.99 Å². The zero-order valence-corrected chi connectivity index (χ0v) is 21.3. The molecule has 0 saturated carbocycles. The fourth-order valence-corrected chi connectivity index (χ4v) is 4.78. The lowest BCUT2D eigenvalue weighted by Crippen LogP contribution is -2.19. The highest BCUT2D eigenvalue weighted by Gasteiger charge is 2.19. The summed E-state index contributed by atoms with van der Waals surface area (Å²) in [4.78, 5) is 18.1. The monoisotopic (exact) mass is 512 g/mol. The van der Waals surface area contributed by atoms with E-state index in [1.807, 2.05) is 31.4 Å². The van der Waals surface area contributed by atoms with Crippen LogP contribution in [0.2, 0.25) is 10.0 Å². The number of nitrogens with zero attached hydrogens (tertiary/aromatic N) is 2. The van der Waals surface area contributed by atoms with Crippen LogP contribution in [0.15, 0.2) is 29.3 Å². The molecule has 0 saturated heterocycles. The van der Waals surface area contributed by atoms with Crippen LogP contribution in [0.3, 0.4) is 0 Å². The van der Waals surface area contributed by atoms with Crippen LogP contribution in [-0.4, -0.2) is 44.0 Å². The Labute approximate surface area is 206 Å². The molecule has 3 aromatic rings. The molecule has 0 spiro atoms. The van der Waals surface area contributed by atoms with E-state index in [2.05, 4.69) is 4.99 Å². The molecule has 0 unspecified atom stereocenters. The molecule has 0 atom stereocenters. The van der Waals surface area contributed by atoms with E-state index in [0.717, 1.165) is 10.2 Å². The first-order valence-electron chi connectivity index (χ1n) is 10.6. The first kappa shape index (κ1) is 25.4. The van der Waals surface area contributed by atoms with Crippen molar-refractivity contribution in [2.24, 2.45) is 4.99 Å². The van der Waals surface area contributed by atoms with Crippen molar-refractivity contribution >= 4 is 50.7 Å². The fraction of sp³-hybridized carbons (Fsp3) is 0.391. The highest BCUT2D eigenvalue weighted by molar-refractivity contribution is 7.16. The lowest BCUT2D eigenvalue weighted by atomic mass is 10.1. The van der Waals surface area contributed by atoms with Gasteiger partial charge in [0, 0.05) is 19.2 Å². The van der Waals surface area contributed by atoms with Crippen LogP contribution in [0.5, 0.6) is 17.2 Å². The quantitative estimate of drug-likeness (QED) is 0.353. The zero-order chi connectivity index (χ0) is 24.0. The number of amides is 1. The minimum Gasteiger partial charge on any atom is -0.490 e. The van der Waals surface area contributed by atoms with E-state index in [4.69, 9.17) is 42.1 Å². The molecule has 0 aliphatic rings. The Kier molecular flexibility index (Phi) is 9.02. The van der Waals surface area contributed by atoms with Gasteiger partial charge in [-0.05, 0) is 45.0 Å². The number of rotatable bonds is 10. The Morgan fingerprint density at radius 1 is 1.03 bits per heavy atom. The number of hydrogen-bond donors (Lipinski definition) is 0. The van der Waals surface area contributed by atoms with Crippen molar-refractivity contribution in [3.05, 3.63) is 44.7 Å². The molecule has 2 aromatic carbocycles. The average molecular weight is 513 g/mol. The summed E-state index contributed by atoms with van der Waals surface area (Å²) >= 11 is 14.1. The number of halogens is 2. The average Bonchev–Trinajstić information content (AvgIpc) is 3.14. The van der Waals surface area contributed by atoms with Gasteiger partial charge >= 0.3 is 0 Å². The van der Waals surface area contributed by atoms with E-state index in [1.54, 1.807) is 25.3 Å². The maximum Gasteiger partial charge on any atom is 0.279 e. The van der Waals surface area contributed by atoms with Gasteiger partial charge in [0.05, 0.1) is 46.7 Å². The molecule has 3 rings (SSSR count). The van der Waals surface area contributed by atoms with Gasteiger partial charge in [-0.15, -0.1) is 0 Å². The van der Waals surface area contributed by atoms with Crippen molar-refractivity contribution in [3.8, 4) is 17.2 Å². The number of carbonyl (C=O) groups excluding carboxylic acids is 1. The standard InChI is InChI=1S/C23H26Cl2N2O5S/c1-5-30-16-12-14(13-17(31-6-2)21(16)32-7-3)22(28)26-23-27(10-11-29-4)20-18(33-23)9-8-15(24)19(20)25/h8-9,12-13H,5-7,10-11H2,1-4H3. The Morgan fingerprint density at radius 3 is 2.24 bits per heavy atom. The Balaban J connectivity index is 2.15. The van der Waals surface area contributed by atoms with E-state index in [9.17, 15) is 4.79 Å². The predicted octanol–water partition coefficient (Wildman–Crippen LogP) is 5.59. The van der Waals surface area contributed by atoms with Crippen molar-refractivity contribution in [1.82, 2.24) is 4.57 Å². The minimum atomic E-state index is -0.445. The van der Waals surface area contributed by atoms with Crippen molar-refractivity contribution in [1.29, 1.82) is 0 Å². The van der Waals surface area contributed by atoms with Crippen molar-refractivity contribution in [3.63, 3.8) is 0 Å². The third-order valence-electron chi connectivity index (χ3n) is 4.61. The highest BCUT2D eigenvalue weighted by atomic mass is 35.5. The molecule has 178 valence electrons. The fourth-order valence-electron chi connectivity index (χ4n) is 3.24. The summed E-state index contributed by atoms with van der Waals surface area (Å²) in [6.45, 7) is 7.72. The molecule has 7 nitrogen and oxygen atoms in total. The van der Waals surface area contributed by atoms with Crippen LogP contribution in [0.4, 0.5) is 0 Å². The number of benzene rings is 2. The van der Waals surface area contributed by atoms with Crippen LogP contribution < -0.4 is 19.0 Å². The van der Waals surface area contributed by atoms with Gasteiger partial charge in [-0.3, -0.25) is 4.79 Å². The number of thiazole rings is 1. The summed E-state index contributed by atoms with van der Waals surface area (Å²) < 4.78 is 25.1. The van der Waals surface area contributed by atoms with Gasteiger partial charge in [0.1, 0.15) is 0 Å². The topological polar surface area (TPSA) is 71.3 Å². The molecule has 0 fully saturated rings. The molecular formula is C23H26Cl2N2O5S. The second kappa shape index (κ2) is 11.7. The van der Waals surface area contributed by atoms with E-state index >= 15 is 0 Å². The number of hydrogen-bond acceptors (Lipinski definition) is 6. The lowest BCUT2D eigenvalue weighted by Gasteiger charge is -2.16. The zero-order valence-electron chi connectivity index (χ0n) is 18.9. The molecule has 0 radical (unpaired) electrons. The lowest BCUT2D eigenvalue weighted by molar-refractivity contribution is 0.0996. The first-order chi connectivity index (χ1) is 15.9. The second-order valence-corrected chi connectivity index (χ2v) is 8.55. The molecule has 1 amide bonds. The Hall–Kier alpha value is -2.26. The van der Waals surface area contributed by atoms with Gasteiger partial charge in [0.2, 0.25) is 5.75 Å². The molecule has 0 aliphatic heterocycles. The third kappa shape index (κ3) is 5.63. The summed E-state index contributed by atoms with van der Waals surface area (Å²) in [5.41, 5.74) is 1.04. The van der Waals surface area contributed by atoms with Crippen LogP contribution in [0.25, 0.3) is 10.2 Å². The van der Waals surface area contributed by atoms with Crippen LogP contribution in [0.1, 0.15) is 31.1 Å². The Bertz CT molecular complexity index is 1180. The summed E-state index contributed by atoms with van der Waals surface area (Å²) in [6, 6.07) is 6.83. The molecule has 33 heavy (non-hydrogen) atoms. The van der Waals surface area contributed by atoms with Crippen molar-refractivity contribution in [2.45, 2.75) is 27.3 Å². The van der Waals surface area contributed by atoms with Gasteiger partial charge in [0.25, 0.3) is 5.91 Å². The summed E-state index contributed by atoms with van der Waals surface area (Å²) in [7, 11) is 1.61. The maximum atomic E-state index is 13.2. The van der Waals surface area contributed by atoms with Crippen LogP contribution in [0, 0.1) is 0 Å². The normalized spacial score (nSPS) is 11.8. The molecule has 0 bridgehead atoms. The number of carbonyl (C=O) groups is 1. The van der Waals surface area contributed by atoms with Crippen molar-refractivity contribution in [2.75, 3.05) is 33.5 Å². The highest BCUT2D eigenvalue weighted by Crippen LogP contribution is 2.39. The first-order valence-corrected chi connectivity index (χ1v) is 12.1. The van der Waals surface area contributed by atoms with Crippen LogP contribution >= 0.6 is 34.5 Å². The largest absolute Gasteiger partial charge is 0.490 e. The van der Waals surface area contributed by atoms with E-state index in [0.29, 0.717) is 70.6 Å². The molecule has 1 heterocycles. The summed E-state index contributed by atoms with van der Waals surface area (Å²) in [5, 5.41) is 0.842. The number of fused-ring (bicyclic) bond motifs is 1. The predicted molar refractivity (Wildman–Crippen MR) is 132 cm³/mol. The molecular weight excluding hydrogens is 487 g/mol. The molecule has 1 aromatic heterocycles.